The lowest BCUT2D eigenvalue weighted by Crippen LogP contribution is -2.53. The molecular formula is C27H31FN4O4. The highest BCUT2D eigenvalue weighted by atomic mass is 19.1. The third-order valence-corrected chi connectivity index (χ3v) is 7.78. The molecule has 2 atom stereocenters. The van der Waals surface area contributed by atoms with Crippen LogP contribution in [0, 0.1) is 11.7 Å². The van der Waals surface area contributed by atoms with Crippen molar-refractivity contribution in [2.24, 2.45) is 5.92 Å². The number of carbonyl (C=O) groups excluding carboxylic acids is 3. The van der Waals surface area contributed by atoms with Gasteiger partial charge in [-0.15, -0.1) is 0 Å². The molecule has 2 aromatic rings. The monoisotopic (exact) mass is 494 g/mol. The number of benzene rings is 1. The molecule has 190 valence electrons. The van der Waals surface area contributed by atoms with Crippen LogP contribution in [0.1, 0.15) is 66.6 Å². The molecule has 0 spiro atoms. The summed E-state index contributed by atoms with van der Waals surface area (Å²) in [7, 11) is 0. The number of amides is 3. The van der Waals surface area contributed by atoms with Crippen molar-refractivity contribution in [2.75, 3.05) is 19.7 Å². The van der Waals surface area contributed by atoms with Crippen molar-refractivity contribution in [3.05, 3.63) is 53.0 Å². The lowest BCUT2D eigenvalue weighted by Gasteiger charge is -2.32. The van der Waals surface area contributed by atoms with Gasteiger partial charge in [-0.3, -0.25) is 29.6 Å². The van der Waals surface area contributed by atoms with Gasteiger partial charge >= 0.3 is 0 Å². The van der Waals surface area contributed by atoms with Gasteiger partial charge in [-0.05, 0) is 81.4 Å². The summed E-state index contributed by atoms with van der Waals surface area (Å²) in [6.07, 6.45) is 5.03. The van der Waals surface area contributed by atoms with Crippen LogP contribution in [0.2, 0.25) is 0 Å². The van der Waals surface area contributed by atoms with Crippen LogP contribution in [-0.2, 0) is 16.1 Å². The predicted octanol–water partition coefficient (Wildman–Crippen LogP) is 2.80. The number of aromatic nitrogens is 1. The average molecular weight is 495 g/mol. The normalized spacial score (nSPS) is 23.2. The molecular weight excluding hydrogens is 463 g/mol. The van der Waals surface area contributed by atoms with Gasteiger partial charge in [0.25, 0.3) is 5.91 Å². The van der Waals surface area contributed by atoms with Crippen molar-refractivity contribution in [3.63, 3.8) is 0 Å². The molecule has 3 aliphatic rings. The number of imide groups is 1. The molecule has 2 N–H and O–H groups in total. The molecule has 2 fully saturated rings. The van der Waals surface area contributed by atoms with E-state index in [-0.39, 0.29) is 36.5 Å². The van der Waals surface area contributed by atoms with E-state index >= 15 is 4.39 Å². The van der Waals surface area contributed by atoms with Crippen molar-refractivity contribution < 1.29 is 23.9 Å². The summed E-state index contributed by atoms with van der Waals surface area (Å²) in [6, 6.07) is 5.58. The molecule has 0 aliphatic carbocycles. The maximum atomic E-state index is 15.9. The highest BCUT2D eigenvalue weighted by Gasteiger charge is 2.44. The Morgan fingerprint density at radius 2 is 1.86 bits per heavy atom. The van der Waals surface area contributed by atoms with Gasteiger partial charge in [0.2, 0.25) is 11.8 Å². The number of aliphatic hydroxyl groups is 1. The fourth-order valence-electron chi connectivity index (χ4n) is 5.79. The molecule has 5 rings (SSSR count). The van der Waals surface area contributed by atoms with Crippen LogP contribution >= 0.6 is 0 Å². The van der Waals surface area contributed by atoms with Gasteiger partial charge in [0, 0.05) is 42.5 Å². The smallest absolute Gasteiger partial charge is 0.255 e. The van der Waals surface area contributed by atoms with E-state index in [1.807, 2.05) is 12.1 Å². The second-order valence-corrected chi connectivity index (χ2v) is 10.0. The van der Waals surface area contributed by atoms with Gasteiger partial charge in [0.15, 0.2) is 0 Å². The summed E-state index contributed by atoms with van der Waals surface area (Å²) >= 11 is 0. The minimum absolute atomic E-state index is 0.146. The Bertz CT molecular complexity index is 1190. The van der Waals surface area contributed by atoms with Crippen LogP contribution < -0.4 is 5.32 Å². The highest BCUT2D eigenvalue weighted by Crippen LogP contribution is 2.41. The van der Waals surface area contributed by atoms with Crippen molar-refractivity contribution in [3.8, 4) is 11.3 Å². The molecule has 0 saturated carbocycles. The second-order valence-electron chi connectivity index (χ2n) is 10.0. The Kier molecular flexibility index (Phi) is 6.85. The lowest BCUT2D eigenvalue weighted by atomic mass is 9.93. The van der Waals surface area contributed by atoms with Crippen LogP contribution in [0.3, 0.4) is 0 Å². The molecule has 3 amide bonds. The number of pyridine rings is 1. The van der Waals surface area contributed by atoms with Crippen LogP contribution in [-0.4, -0.2) is 63.4 Å². The summed E-state index contributed by atoms with van der Waals surface area (Å²) in [5, 5.41) is 11.5. The van der Waals surface area contributed by atoms with E-state index < -0.39 is 29.7 Å². The number of nitrogens with one attached hydrogen (secondary N) is 1. The first-order valence-electron chi connectivity index (χ1n) is 12.6. The largest absolute Gasteiger partial charge is 0.396 e. The quantitative estimate of drug-likeness (QED) is 0.599. The Labute approximate surface area is 209 Å². The van der Waals surface area contributed by atoms with E-state index in [0.29, 0.717) is 17.2 Å². The van der Waals surface area contributed by atoms with Crippen molar-refractivity contribution in [1.29, 1.82) is 0 Å². The number of fused-ring (bicyclic) bond motifs is 1. The zero-order chi connectivity index (χ0) is 25.4. The molecule has 2 saturated heterocycles. The standard InChI is InChI=1S/C27H31FN4O4/c1-16-24-20(27(36)32(16)22-4-5-23(34)30-26(22)35)3-2-19(25(24)28)21-14-18(6-10-29-21)15-31-11-7-17(8-12-31)9-13-33/h2-3,6,10,14,16-17,22,33H,4-5,7-9,11-13,15H2,1H3,(H,30,34,35)/t16-,22+/m1/s1. The fourth-order valence-corrected chi connectivity index (χ4v) is 5.79. The van der Waals surface area contributed by atoms with Gasteiger partial charge in [0.1, 0.15) is 11.9 Å². The van der Waals surface area contributed by atoms with Crippen LogP contribution in [0.4, 0.5) is 4.39 Å². The first-order valence-corrected chi connectivity index (χ1v) is 12.6. The second kappa shape index (κ2) is 10.1. The van der Waals surface area contributed by atoms with Gasteiger partial charge < -0.3 is 10.0 Å². The van der Waals surface area contributed by atoms with E-state index in [1.165, 1.54) is 4.90 Å². The van der Waals surface area contributed by atoms with Gasteiger partial charge in [-0.1, -0.05) is 0 Å². The van der Waals surface area contributed by atoms with Crippen molar-refractivity contribution in [2.45, 2.75) is 57.7 Å². The van der Waals surface area contributed by atoms with Crippen LogP contribution in [0.15, 0.2) is 30.5 Å². The van der Waals surface area contributed by atoms with Crippen LogP contribution in [0.25, 0.3) is 11.3 Å². The summed E-state index contributed by atoms with van der Waals surface area (Å²) in [6.45, 7) is 4.62. The number of halogens is 1. The van der Waals surface area contributed by atoms with Crippen molar-refractivity contribution >= 4 is 17.7 Å². The van der Waals surface area contributed by atoms with E-state index in [4.69, 9.17) is 5.11 Å². The van der Waals surface area contributed by atoms with E-state index in [1.54, 1.807) is 25.3 Å². The number of carbonyl (C=O) groups is 3. The molecule has 36 heavy (non-hydrogen) atoms. The summed E-state index contributed by atoms with van der Waals surface area (Å²) < 4.78 is 15.9. The third-order valence-electron chi connectivity index (χ3n) is 7.78. The lowest BCUT2D eigenvalue weighted by molar-refractivity contribution is -0.137. The zero-order valence-electron chi connectivity index (χ0n) is 20.4. The zero-order valence-corrected chi connectivity index (χ0v) is 20.4. The van der Waals surface area contributed by atoms with Crippen LogP contribution in [0.5, 0.6) is 0 Å². The first kappa shape index (κ1) is 24.5. The number of nitrogens with zero attached hydrogens (tertiary/aromatic N) is 3. The number of rotatable bonds is 6. The fraction of sp³-hybridized carbons (Fsp3) is 0.481. The van der Waals surface area contributed by atoms with E-state index in [0.717, 1.165) is 44.5 Å². The molecule has 1 aromatic carbocycles. The maximum Gasteiger partial charge on any atom is 0.255 e. The Morgan fingerprint density at radius 1 is 1.11 bits per heavy atom. The first-order chi connectivity index (χ1) is 17.4. The molecule has 9 heteroatoms. The molecule has 0 unspecified atom stereocenters. The van der Waals surface area contributed by atoms with E-state index in [9.17, 15) is 14.4 Å². The number of likely N-dealkylation sites (tertiary alicyclic amines) is 1. The summed E-state index contributed by atoms with van der Waals surface area (Å²) in [5.74, 6) is -1.21. The van der Waals surface area contributed by atoms with Gasteiger partial charge in [-0.2, -0.15) is 0 Å². The molecule has 3 aliphatic heterocycles. The average Bonchev–Trinajstić information content (AvgIpc) is 3.11. The summed E-state index contributed by atoms with van der Waals surface area (Å²) in [4.78, 5) is 45.3. The SMILES string of the molecule is C[C@@H]1c2c(ccc(-c3cc(CN4CCC(CCO)CC4)ccn3)c2F)C(=O)N1[C@H]1CCC(=O)NC1=O. The topological polar surface area (TPSA) is 103 Å². The van der Waals surface area contributed by atoms with Crippen molar-refractivity contribution in [1.82, 2.24) is 20.1 Å². The number of aliphatic hydroxyl groups excluding tert-OH is 1. The highest BCUT2D eigenvalue weighted by molar-refractivity contribution is 6.06. The maximum absolute atomic E-state index is 15.9. The Hall–Kier alpha value is -3.17. The Balaban J connectivity index is 1.36. The molecule has 1 aromatic heterocycles. The number of piperidine rings is 2. The van der Waals surface area contributed by atoms with E-state index in [2.05, 4.69) is 15.2 Å². The number of hydrogen-bond donors (Lipinski definition) is 2. The molecule has 0 bridgehead atoms. The molecule has 4 heterocycles. The van der Waals surface area contributed by atoms with Gasteiger partial charge in [-0.25, -0.2) is 4.39 Å². The Morgan fingerprint density at radius 3 is 2.58 bits per heavy atom. The molecule has 0 radical (unpaired) electrons. The molecule has 8 nitrogen and oxygen atoms in total. The number of hydrogen-bond acceptors (Lipinski definition) is 6. The van der Waals surface area contributed by atoms with Gasteiger partial charge in [0.05, 0.1) is 11.7 Å². The summed E-state index contributed by atoms with van der Waals surface area (Å²) in [5.41, 5.74) is 2.37. The predicted molar refractivity (Wildman–Crippen MR) is 130 cm³/mol. The minimum atomic E-state index is -0.802. The third kappa shape index (κ3) is 4.53. The minimum Gasteiger partial charge on any atom is -0.396 e.